The van der Waals surface area contributed by atoms with Crippen LogP contribution in [-0.4, -0.2) is 29.0 Å². The fraction of sp³-hybridized carbons (Fsp3) is 0.500. The molecule has 1 aliphatic heterocycles. The van der Waals surface area contributed by atoms with E-state index in [4.69, 9.17) is 4.74 Å². The molecule has 0 radical (unpaired) electrons. The number of rotatable bonds is 3. The molecular formula is C12H19BOSi. The lowest BCUT2D eigenvalue weighted by atomic mass is 10.2. The van der Waals surface area contributed by atoms with Gasteiger partial charge in [0, 0.05) is 12.3 Å². The molecule has 0 spiro atoms. The highest BCUT2D eigenvalue weighted by molar-refractivity contribution is 6.78. The van der Waals surface area contributed by atoms with E-state index in [1.807, 2.05) is 0 Å². The summed E-state index contributed by atoms with van der Waals surface area (Å²) in [5.41, 5.74) is 0.589. The molecule has 80 valence electrons. The standard InChI is InChI=1S/C12H19BOSi/c13-10-15(11-6-2-1-3-7-11)12-8-4-5-9-14-12/h1-3,6-7,12,15H,4-5,8-10,13H2. The fourth-order valence-electron chi connectivity index (χ4n) is 2.50. The van der Waals surface area contributed by atoms with Crippen LogP contribution in [0.4, 0.5) is 0 Å². The molecular weight excluding hydrogens is 199 g/mol. The lowest BCUT2D eigenvalue weighted by Gasteiger charge is -2.29. The smallest absolute Gasteiger partial charge is 0.0982 e. The van der Waals surface area contributed by atoms with E-state index in [1.165, 1.54) is 25.2 Å². The van der Waals surface area contributed by atoms with Crippen LogP contribution in [0.1, 0.15) is 19.3 Å². The fourth-order valence-corrected chi connectivity index (χ4v) is 5.65. The summed E-state index contributed by atoms with van der Waals surface area (Å²) in [5.74, 6) is 1.31. The van der Waals surface area contributed by atoms with E-state index in [-0.39, 0.29) is 0 Å². The van der Waals surface area contributed by atoms with Crippen molar-refractivity contribution in [3.05, 3.63) is 30.3 Å². The summed E-state index contributed by atoms with van der Waals surface area (Å²) in [6, 6.07) is 11.0. The van der Waals surface area contributed by atoms with E-state index in [0.29, 0.717) is 5.73 Å². The van der Waals surface area contributed by atoms with Gasteiger partial charge in [-0.15, -0.1) is 0 Å². The summed E-state index contributed by atoms with van der Waals surface area (Å²) in [4.78, 5) is 0. The quantitative estimate of drug-likeness (QED) is 0.682. The summed E-state index contributed by atoms with van der Waals surface area (Å²) in [6.07, 6.45) is 3.91. The maximum Gasteiger partial charge on any atom is 0.0982 e. The predicted molar refractivity (Wildman–Crippen MR) is 70.2 cm³/mol. The zero-order valence-electron chi connectivity index (χ0n) is 9.49. The average Bonchev–Trinajstić information content (AvgIpc) is 2.33. The van der Waals surface area contributed by atoms with Gasteiger partial charge in [0.05, 0.1) is 16.6 Å². The van der Waals surface area contributed by atoms with Crippen LogP contribution in [0, 0.1) is 0 Å². The number of ether oxygens (including phenoxy) is 1. The number of hydrogen-bond acceptors (Lipinski definition) is 1. The highest BCUT2D eigenvalue weighted by Crippen LogP contribution is 2.16. The molecule has 1 aromatic rings. The van der Waals surface area contributed by atoms with Gasteiger partial charge >= 0.3 is 0 Å². The van der Waals surface area contributed by atoms with Crippen molar-refractivity contribution in [1.82, 2.24) is 0 Å². The largest absolute Gasteiger partial charge is 0.382 e. The van der Waals surface area contributed by atoms with Gasteiger partial charge in [0.1, 0.15) is 0 Å². The minimum Gasteiger partial charge on any atom is -0.382 e. The molecule has 3 heteroatoms. The molecule has 0 N–H and O–H groups in total. The number of hydrogen-bond donors (Lipinski definition) is 0. The van der Waals surface area contributed by atoms with Gasteiger partial charge in [0.25, 0.3) is 0 Å². The summed E-state index contributed by atoms with van der Waals surface area (Å²) in [7, 11) is 1.45. The molecule has 0 aliphatic carbocycles. The highest BCUT2D eigenvalue weighted by atomic mass is 28.3. The molecule has 2 atom stereocenters. The second kappa shape index (κ2) is 5.52. The Morgan fingerprint density at radius 1 is 1.27 bits per heavy atom. The van der Waals surface area contributed by atoms with Crippen LogP contribution in [0.25, 0.3) is 0 Å². The summed E-state index contributed by atoms with van der Waals surface area (Å²) in [6.45, 7) is 0.987. The summed E-state index contributed by atoms with van der Waals surface area (Å²) < 4.78 is 5.95. The lowest BCUT2D eigenvalue weighted by molar-refractivity contribution is 0.0636. The molecule has 1 aliphatic rings. The molecule has 1 saturated heterocycles. The van der Waals surface area contributed by atoms with E-state index < -0.39 is 8.80 Å². The molecule has 1 heterocycles. The Morgan fingerprint density at radius 3 is 2.67 bits per heavy atom. The van der Waals surface area contributed by atoms with Gasteiger partial charge in [-0.1, -0.05) is 41.5 Å². The summed E-state index contributed by atoms with van der Waals surface area (Å²) >= 11 is 0. The normalized spacial score (nSPS) is 23.6. The Morgan fingerprint density at radius 2 is 2.07 bits per heavy atom. The first-order chi connectivity index (χ1) is 7.42. The van der Waals surface area contributed by atoms with Crippen LogP contribution in [0.3, 0.4) is 0 Å². The first-order valence-corrected chi connectivity index (χ1v) is 8.14. The van der Waals surface area contributed by atoms with Crippen molar-refractivity contribution in [3.8, 4) is 0 Å². The predicted octanol–water partition coefficient (Wildman–Crippen LogP) is 0.820. The zero-order valence-corrected chi connectivity index (χ0v) is 10.6. The minimum absolute atomic E-state index is 0.589. The highest BCUT2D eigenvalue weighted by Gasteiger charge is 2.25. The summed E-state index contributed by atoms with van der Waals surface area (Å²) in [5, 5.41) is 1.58. The van der Waals surface area contributed by atoms with Gasteiger partial charge in [0.2, 0.25) is 0 Å². The Balaban J connectivity index is 2.09. The first kappa shape index (κ1) is 11.0. The SMILES string of the molecule is BC[SiH](c1ccccc1)C1CCCCO1. The molecule has 1 nitrogen and oxygen atoms in total. The van der Waals surface area contributed by atoms with Crippen LogP contribution < -0.4 is 5.19 Å². The Bertz CT molecular complexity index is 285. The van der Waals surface area contributed by atoms with Crippen molar-refractivity contribution < 1.29 is 4.74 Å². The van der Waals surface area contributed by atoms with Crippen LogP contribution in [-0.2, 0) is 4.74 Å². The van der Waals surface area contributed by atoms with Crippen LogP contribution >= 0.6 is 0 Å². The van der Waals surface area contributed by atoms with Gasteiger partial charge in [-0.05, 0) is 19.3 Å². The zero-order chi connectivity index (χ0) is 10.5. The molecule has 2 unspecified atom stereocenters. The van der Waals surface area contributed by atoms with Crippen LogP contribution in [0.5, 0.6) is 0 Å². The van der Waals surface area contributed by atoms with Crippen molar-refractivity contribution in [2.45, 2.75) is 30.9 Å². The van der Waals surface area contributed by atoms with E-state index in [0.717, 1.165) is 6.61 Å². The third kappa shape index (κ3) is 2.73. The maximum absolute atomic E-state index is 5.95. The molecule has 1 aromatic carbocycles. The topological polar surface area (TPSA) is 9.23 Å². The average molecular weight is 218 g/mol. The Hall–Kier alpha value is -0.538. The molecule has 2 rings (SSSR count). The first-order valence-electron chi connectivity index (χ1n) is 6.08. The second-order valence-corrected chi connectivity index (χ2v) is 7.77. The monoisotopic (exact) mass is 218 g/mol. The van der Waals surface area contributed by atoms with Crippen LogP contribution in [0.15, 0.2) is 30.3 Å². The van der Waals surface area contributed by atoms with Crippen molar-refractivity contribution in [1.29, 1.82) is 0 Å². The maximum atomic E-state index is 5.95. The van der Waals surface area contributed by atoms with Crippen LogP contribution in [0.2, 0.25) is 5.94 Å². The molecule has 1 fully saturated rings. The molecule has 15 heavy (non-hydrogen) atoms. The Labute approximate surface area is 94.9 Å². The second-order valence-electron chi connectivity index (χ2n) is 4.33. The van der Waals surface area contributed by atoms with Gasteiger partial charge in [-0.25, -0.2) is 0 Å². The van der Waals surface area contributed by atoms with E-state index in [2.05, 4.69) is 38.2 Å². The minimum atomic E-state index is -0.875. The lowest BCUT2D eigenvalue weighted by Crippen LogP contribution is -2.45. The van der Waals surface area contributed by atoms with Crippen molar-refractivity contribution in [2.75, 3.05) is 6.61 Å². The van der Waals surface area contributed by atoms with Gasteiger partial charge in [-0.3, -0.25) is 0 Å². The van der Waals surface area contributed by atoms with Crippen molar-refractivity contribution >= 4 is 21.8 Å². The number of benzene rings is 1. The molecule has 0 saturated carbocycles. The molecule has 0 amide bonds. The van der Waals surface area contributed by atoms with Gasteiger partial charge < -0.3 is 4.74 Å². The third-order valence-corrected chi connectivity index (χ3v) is 6.88. The van der Waals surface area contributed by atoms with Gasteiger partial charge in [-0.2, -0.15) is 0 Å². The van der Waals surface area contributed by atoms with Crippen molar-refractivity contribution in [2.24, 2.45) is 0 Å². The van der Waals surface area contributed by atoms with E-state index >= 15 is 0 Å². The molecule has 0 bridgehead atoms. The van der Waals surface area contributed by atoms with E-state index in [1.54, 1.807) is 5.19 Å². The van der Waals surface area contributed by atoms with Crippen molar-refractivity contribution in [3.63, 3.8) is 0 Å². The van der Waals surface area contributed by atoms with Gasteiger partial charge in [0.15, 0.2) is 0 Å². The van der Waals surface area contributed by atoms with E-state index in [9.17, 15) is 0 Å². The third-order valence-electron chi connectivity index (χ3n) is 3.33. The molecule has 0 aromatic heterocycles. The Kier molecular flexibility index (Phi) is 4.03.